The number of rotatable bonds is 3. The van der Waals surface area contributed by atoms with Gasteiger partial charge in [-0.2, -0.15) is 18.3 Å². The van der Waals surface area contributed by atoms with Crippen molar-refractivity contribution in [3.63, 3.8) is 0 Å². The lowest BCUT2D eigenvalue weighted by atomic mass is 10.1. The van der Waals surface area contributed by atoms with Crippen LogP contribution in [0.2, 0.25) is 5.02 Å². The summed E-state index contributed by atoms with van der Waals surface area (Å²) in [5, 5.41) is 14.1. The molecular weight excluding hydrogens is 319 g/mol. The molecule has 1 aromatic carbocycles. The standard InChI is InChI=1S/C14H11ClF3N3O/c1-8(11-6-10(15)3-4-12(11)22)20-21-13-5-2-9(7-19-13)14(16,17)18/h2-7,22H,1H3,(H,19,21)/b20-8+. The number of hydrogen-bond acceptors (Lipinski definition) is 4. The van der Waals surface area contributed by atoms with Gasteiger partial charge in [0.2, 0.25) is 0 Å². The predicted molar refractivity (Wildman–Crippen MR) is 78.2 cm³/mol. The zero-order valence-electron chi connectivity index (χ0n) is 11.3. The van der Waals surface area contributed by atoms with Crippen LogP contribution in [0.15, 0.2) is 41.6 Å². The molecule has 2 rings (SSSR count). The Labute approximate surface area is 129 Å². The Morgan fingerprint density at radius 2 is 2.00 bits per heavy atom. The number of aromatic nitrogens is 1. The topological polar surface area (TPSA) is 57.5 Å². The molecule has 22 heavy (non-hydrogen) atoms. The fraction of sp³-hybridized carbons (Fsp3) is 0.143. The van der Waals surface area contributed by atoms with Gasteiger partial charge in [-0.1, -0.05) is 11.6 Å². The van der Waals surface area contributed by atoms with Gasteiger partial charge in [0.25, 0.3) is 0 Å². The molecule has 0 aliphatic heterocycles. The summed E-state index contributed by atoms with van der Waals surface area (Å²) in [5.41, 5.74) is 2.50. The number of phenols is 1. The Bertz CT molecular complexity index is 699. The van der Waals surface area contributed by atoms with E-state index in [0.29, 0.717) is 22.5 Å². The van der Waals surface area contributed by atoms with E-state index in [2.05, 4.69) is 15.5 Å². The van der Waals surface area contributed by atoms with E-state index in [1.165, 1.54) is 18.2 Å². The molecular formula is C14H11ClF3N3O. The van der Waals surface area contributed by atoms with Crippen LogP contribution in [0.4, 0.5) is 19.0 Å². The number of benzene rings is 1. The molecule has 116 valence electrons. The number of hydrazone groups is 1. The summed E-state index contributed by atoms with van der Waals surface area (Å²) < 4.78 is 37.2. The number of alkyl halides is 3. The Hall–Kier alpha value is -2.28. The summed E-state index contributed by atoms with van der Waals surface area (Å²) in [6, 6.07) is 6.54. The molecule has 1 heterocycles. The van der Waals surface area contributed by atoms with Crippen molar-refractivity contribution >= 4 is 23.1 Å². The normalized spacial score (nSPS) is 12.3. The van der Waals surface area contributed by atoms with Crippen LogP contribution in [0.3, 0.4) is 0 Å². The molecule has 2 N–H and O–H groups in total. The van der Waals surface area contributed by atoms with Gasteiger partial charge in [-0.3, -0.25) is 5.43 Å². The van der Waals surface area contributed by atoms with Gasteiger partial charge in [-0.05, 0) is 37.3 Å². The molecule has 8 heteroatoms. The number of nitrogens with one attached hydrogen (secondary N) is 1. The first-order chi connectivity index (χ1) is 10.3. The second-order valence-electron chi connectivity index (χ2n) is 4.40. The summed E-state index contributed by atoms with van der Waals surface area (Å²) >= 11 is 5.83. The minimum Gasteiger partial charge on any atom is -0.507 e. The molecule has 0 aliphatic rings. The highest BCUT2D eigenvalue weighted by molar-refractivity contribution is 6.31. The minimum absolute atomic E-state index is 0.00664. The number of hydrogen-bond donors (Lipinski definition) is 2. The van der Waals surface area contributed by atoms with Crippen molar-refractivity contribution < 1.29 is 18.3 Å². The fourth-order valence-electron chi connectivity index (χ4n) is 1.63. The highest BCUT2D eigenvalue weighted by atomic mass is 35.5. The first-order valence-corrected chi connectivity index (χ1v) is 6.47. The number of anilines is 1. The van der Waals surface area contributed by atoms with Crippen molar-refractivity contribution in [3.8, 4) is 5.75 Å². The number of halogens is 4. The van der Waals surface area contributed by atoms with Crippen molar-refractivity contribution in [1.82, 2.24) is 4.98 Å². The highest BCUT2D eigenvalue weighted by Gasteiger charge is 2.30. The SMILES string of the molecule is C/C(=N\Nc1ccc(C(F)(F)F)cn1)c1cc(Cl)ccc1O. The zero-order valence-corrected chi connectivity index (χ0v) is 12.1. The van der Waals surface area contributed by atoms with Crippen LogP contribution in [-0.2, 0) is 6.18 Å². The Morgan fingerprint density at radius 3 is 2.59 bits per heavy atom. The lowest BCUT2D eigenvalue weighted by molar-refractivity contribution is -0.137. The van der Waals surface area contributed by atoms with Gasteiger partial charge in [0, 0.05) is 16.8 Å². The maximum atomic E-state index is 12.4. The number of phenolic OH excluding ortho intramolecular Hbond substituents is 1. The van der Waals surface area contributed by atoms with Gasteiger partial charge >= 0.3 is 6.18 Å². The Morgan fingerprint density at radius 1 is 1.27 bits per heavy atom. The molecule has 0 saturated heterocycles. The minimum atomic E-state index is -4.43. The van der Waals surface area contributed by atoms with Crippen LogP contribution in [0.5, 0.6) is 5.75 Å². The Kier molecular flexibility index (Phi) is 4.56. The molecule has 0 saturated carbocycles. The average molecular weight is 330 g/mol. The van der Waals surface area contributed by atoms with Crippen molar-refractivity contribution in [2.45, 2.75) is 13.1 Å². The quantitative estimate of drug-likeness (QED) is 0.652. The van der Waals surface area contributed by atoms with E-state index < -0.39 is 11.7 Å². The van der Waals surface area contributed by atoms with E-state index in [4.69, 9.17) is 11.6 Å². The molecule has 0 atom stereocenters. The second-order valence-corrected chi connectivity index (χ2v) is 4.84. The molecule has 1 aromatic heterocycles. The smallest absolute Gasteiger partial charge is 0.417 e. The van der Waals surface area contributed by atoms with Crippen molar-refractivity contribution in [1.29, 1.82) is 0 Å². The summed E-state index contributed by atoms with van der Waals surface area (Å²) in [6.07, 6.45) is -3.72. The second kappa shape index (κ2) is 6.23. The lowest BCUT2D eigenvalue weighted by Gasteiger charge is -2.08. The maximum Gasteiger partial charge on any atom is 0.417 e. The monoisotopic (exact) mass is 329 g/mol. The van der Waals surface area contributed by atoms with E-state index in [0.717, 1.165) is 12.1 Å². The van der Waals surface area contributed by atoms with Crippen LogP contribution in [0.25, 0.3) is 0 Å². The summed E-state index contributed by atoms with van der Waals surface area (Å²) in [4.78, 5) is 3.62. The molecule has 0 amide bonds. The number of pyridine rings is 1. The zero-order chi connectivity index (χ0) is 16.3. The third kappa shape index (κ3) is 3.88. The van der Waals surface area contributed by atoms with Crippen molar-refractivity contribution in [2.24, 2.45) is 5.10 Å². The van der Waals surface area contributed by atoms with E-state index >= 15 is 0 Å². The molecule has 2 aromatic rings. The maximum absolute atomic E-state index is 12.4. The first-order valence-electron chi connectivity index (χ1n) is 6.10. The van der Waals surface area contributed by atoms with Crippen LogP contribution in [0, 0.1) is 0 Å². The molecule has 0 fully saturated rings. The molecule has 0 aliphatic carbocycles. The highest BCUT2D eigenvalue weighted by Crippen LogP contribution is 2.29. The lowest BCUT2D eigenvalue weighted by Crippen LogP contribution is -2.06. The molecule has 0 radical (unpaired) electrons. The summed E-state index contributed by atoms with van der Waals surface area (Å²) in [7, 11) is 0. The molecule has 4 nitrogen and oxygen atoms in total. The van der Waals surface area contributed by atoms with E-state index in [1.807, 2.05) is 0 Å². The van der Waals surface area contributed by atoms with Crippen LogP contribution in [0.1, 0.15) is 18.1 Å². The molecule has 0 bridgehead atoms. The van der Waals surface area contributed by atoms with E-state index in [-0.39, 0.29) is 11.6 Å². The first kappa shape index (κ1) is 16.1. The van der Waals surface area contributed by atoms with Gasteiger partial charge in [-0.25, -0.2) is 4.98 Å². The van der Waals surface area contributed by atoms with Gasteiger partial charge < -0.3 is 5.11 Å². The van der Waals surface area contributed by atoms with E-state index in [1.54, 1.807) is 6.92 Å². The predicted octanol–water partition coefficient (Wildman–Crippen LogP) is 4.30. The van der Waals surface area contributed by atoms with Crippen molar-refractivity contribution in [2.75, 3.05) is 5.43 Å². The molecule has 0 spiro atoms. The van der Waals surface area contributed by atoms with Crippen molar-refractivity contribution in [3.05, 3.63) is 52.7 Å². The van der Waals surface area contributed by atoms with Crippen LogP contribution < -0.4 is 5.43 Å². The van der Waals surface area contributed by atoms with Gasteiger partial charge in [0.1, 0.15) is 11.6 Å². The average Bonchev–Trinajstić information content (AvgIpc) is 2.47. The van der Waals surface area contributed by atoms with Crippen LogP contribution in [-0.4, -0.2) is 15.8 Å². The summed E-state index contributed by atoms with van der Waals surface area (Å²) in [6.45, 7) is 1.61. The third-order valence-corrected chi connectivity index (χ3v) is 3.01. The molecule has 0 unspecified atom stereocenters. The summed E-state index contributed by atoms with van der Waals surface area (Å²) in [5.74, 6) is 0.140. The van der Waals surface area contributed by atoms with E-state index in [9.17, 15) is 18.3 Å². The Balaban J connectivity index is 2.15. The number of nitrogens with zero attached hydrogens (tertiary/aromatic N) is 2. The number of aromatic hydroxyl groups is 1. The van der Waals surface area contributed by atoms with Gasteiger partial charge in [0.15, 0.2) is 0 Å². The largest absolute Gasteiger partial charge is 0.507 e. The third-order valence-electron chi connectivity index (χ3n) is 2.78. The fourth-order valence-corrected chi connectivity index (χ4v) is 1.80. The van der Waals surface area contributed by atoms with Gasteiger partial charge in [0.05, 0.1) is 11.3 Å². The van der Waals surface area contributed by atoms with Gasteiger partial charge in [-0.15, -0.1) is 0 Å². The van der Waals surface area contributed by atoms with Crippen LogP contribution >= 0.6 is 11.6 Å².